The second-order valence-electron chi connectivity index (χ2n) is 4.26. The molecule has 110 valence electrons. The van der Waals surface area contributed by atoms with Crippen LogP contribution >= 0.6 is 0 Å². The summed E-state index contributed by atoms with van der Waals surface area (Å²) >= 11 is 0. The van der Waals surface area contributed by atoms with Gasteiger partial charge in [-0.1, -0.05) is 6.08 Å². The van der Waals surface area contributed by atoms with Gasteiger partial charge in [0.05, 0.1) is 15.5 Å². The Balaban J connectivity index is 1.99. The molecule has 0 bridgehead atoms. The second kappa shape index (κ2) is 6.89. The summed E-state index contributed by atoms with van der Waals surface area (Å²) in [6.45, 7) is 0. The predicted molar refractivity (Wildman–Crippen MR) is 83.4 cm³/mol. The maximum Gasteiger partial charge on any atom is 0.269 e. The molecule has 0 unspecified atom stereocenters. The minimum Gasteiger partial charge on any atom is -0.258 e. The number of hydrogen-bond acceptors (Lipinski definition) is 5. The van der Waals surface area contributed by atoms with Crippen molar-refractivity contribution in [1.82, 2.24) is 0 Å². The fraction of sp³-hybridized carbons (Fsp3) is 0. The summed E-state index contributed by atoms with van der Waals surface area (Å²) < 4.78 is 0. The Kier molecular flexibility index (Phi) is 4.71. The molecule has 0 aliphatic carbocycles. The topological polar surface area (TPSA) is 98.6 Å². The maximum absolute atomic E-state index is 10.5. The van der Waals surface area contributed by atoms with E-state index in [0.29, 0.717) is 5.69 Å². The van der Waals surface area contributed by atoms with Crippen molar-refractivity contribution < 1.29 is 9.85 Å². The van der Waals surface area contributed by atoms with Crippen molar-refractivity contribution in [2.45, 2.75) is 0 Å². The van der Waals surface area contributed by atoms with Crippen LogP contribution in [0, 0.1) is 20.2 Å². The SMILES string of the molecule is O=[N+]([O-])c1ccc(/C=C/C=Nc2ccc([N+](=O)[O-])cc2)cc1. The van der Waals surface area contributed by atoms with Gasteiger partial charge in [-0.05, 0) is 35.9 Å². The van der Waals surface area contributed by atoms with E-state index in [0.717, 1.165) is 5.56 Å². The third kappa shape index (κ3) is 4.07. The van der Waals surface area contributed by atoms with Crippen LogP contribution in [0.2, 0.25) is 0 Å². The number of nitro groups is 2. The summed E-state index contributed by atoms with van der Waals surface area (Å²) in [6, 6.07) is 12.0. The van der Waals surface area contributed by atoms with Crippen molar-refractivity contribution >= 4 is 29.4 Å². The fourth-order valence-corrected chi connectivity index (χ4v) is 1.65. The Hall–Kier alpha value is -3.35. The molecule has 0 saturated heterocycles. The molecule has 7 nitrogen and oxygen atoms in total. The van der Waals surface area contributed by atoms with Gasteiger partial charge in [0.25, 0.3) is 11.4 Å². The summed E-state index contributed by atoms with van der Waals surface area (Å²) in [6.07, 6.45) is 4.98. The first-order chi connectivity index (χ1) is 10.6. The quantitative estimate of drug-likeness (QED) is 0.474. The second-order valence-corrected chi connectivity index (χ2v) is 4.26. The molecule has 0 aromatic heterocycles. The number of nitrogens with zero attached hydrogens (tertiary/aromatic N) is 3. The van der Waals surface area contributed by atoms with Gasteiger partial charge in [0.1, 0.15) is 0 Å². The van der Waals surface area contributed by atoms with Crippen molar-refractivity contribution in [1.29, 1.82) is 0 Å². The highest BCUT2D eigenvalue weighted by Crippen LogP contribution is 2.17. The van der Waals surface area contributed by atoms with E-state index in [4.69, 9.17) is 0 Å². The Bertz CT molecular complexity index is 669. The van der Waals surface area contributed by atoms with Gasteiger partial charge in [0.2, 0.25) is 0 Å². The highest BCUT2D eigenvalue weighted by Gasteiger charge is 2.03. The van der Waals surface area contributed by atoms with Crippen LogP contribution in [0.5, 0.6) is 0 Å². The molecule has 0 spiro atoms. The van der Waals surface area contributed by atoms with E-state index in [1.165, 1.54) is 24.3 Å². The molecule has 2 aromatic carbocycles. The molecule has 0 saturated carbocycles. The molecule has 2 rings (SSSR count). The van der Waals surface area contributed by atoms with Crippen LogP contribution in [0.1, 0.15) is 5.56 Å². The van der Waals surface area contributed by atoms with E-state index in [9.17, 15) is 20.2 Å². The van der Waals surface area contributed by atoms with Gasteiger partial charge in [0.15, 0.2) is 0 Å². The minimum atomic E-state index is -0.470. The van der Waals surface area contributed by atoms with E-state index in [1.807, 2.05) is 0 Å². The molecule has 0 atom stereocenters. The summed E-state index contributed by atoms with van der Waals surface area (Å²) in [4.78, 5) is 24.2. The zero-order valence-electron chi connectivity index (χ0n) is 11.3. The maximum atomic E-state index is 10.5. The van der Waals surface area contributed by atoms with Crippen molar-refractivity contribution in [2.75, 3.05) is 0 Å². The van der Waals surface area contributed by atoms with Gasteiger partial charge in [-0.15, -0.1) is 0 Å². The van der Waals surface area contributed by atoms with E-state index in [1.54, 1.807) is 42.6 Å². The van der Waals surface area contributed by atoms with Gasteiger partial charge in [-0.2, -0.15) is 0 Å². The van der Waals surface area contributed by atoms with Gasteiger partial charge in [-0.3, -0.25) is 25.2 Å². The van der Waals surface area contributed by atoms with Crippen molar-refractivity contribution in [3.8, 4) is 0 Å². The highest BCUT2D eigenvalue weighted by molar-refractivity contribution is 5.80. The molecule has 0 N–H and O–H groups in total. The van der Waals surface area contributed by atoms with Crippen LogP contribution in [0.15, 0.2) is 59.6 Å². The summed E-state index contributed by atoms with van der Waals surface area (Å²) in [5.74, 6) is 0. The summed E-state index contributed by atoms with van der Waals surface area (Å²) in [5.41, 5.74) is 1.46. The molecule has 7 heteroatoms. The van der Waals surface area contributed by atoms with Crippen LogP contribution < -0.4 is 0 Å². The molecule has 0 aliphatic heterocycles. The molecule has 0 aliphatic rings. The van der Waals surface area contributed by atoms with Crippen LogP contribution in [-0.4, -0.2) is 16.1 Å². The molecule has 0 heterocycles. The van der Waals surface area contributed by atoms with Crippen molar-refractivity contribution in [2.24, 2.45) is 4.99 Å². The first-order valence-electron chi connectivity index (χ1n) is 6.26. The number of nitro benzene ring substituents is 2. The molecular formula is C15H11N3O4. The molecule has 0 fully saturated rings. The third-order valence-corrected chi connectivity index (χ3v) is 2.76. The first-order valence-corrected chi connectivity index (χ1v) is 6.26. The van der Waals surface area contributed by atoms with Crippen molar-refractivity contribution in [3.05, 3.63) is 80.4 Å². The largest absolute Gasteiger partial charge is 0.269 e. The van der Waals surface area contributed by atoms with E-state index >= 15 is 0 Å². The van der Waals surface area contributed by atoms with E-state index in [2.05, 4.69) is 4.99 Å². The van der Waals surface area contributed by atoms with Gasteiger partial charge < -0.3 is 0 Å². The number of allylic oxidation sites excluding steroid dienone is 1. The van der Waals surface area contributed by atoms with Crippen LogP contribution in [0.3, 0.4) is 0 Å². The Morgan fingerprint density at radius 1 is 0.818 bits per heavy atom. The lowest BCUT2D eigenvalue weighted by molar-refractivity contribution is -0.385. The molecule has 0 radical (unpaired) electrons. The average Bonchev–Trinajstić information content (AvgIpc) is 2.52. The van der Waals surface area contributed by atoms with Crippen molar-refractivity contribution in [3.63, 3.8) is 0 Å². The average molecular weight is 297 g/mol. The van der Waals surface area contributed by atoms with Crippen LogP contribution in [0.25, 0.3) is 6.08 Å². The summed E-state index contributed by atoms with van der Waals surface area (Å²) in [5, 5.41) is 21.0. The number of aliphatic imine (C=N–C) groups is 1. The highest BCUT2D eigenvalue weighted by atomic mass is 16.6. The van der Waals surface area contributed by atoms with Crippen LogP contribution in [0.4, 0.5) is 17.1 Å². The Morgan fingerprint density at radius 2 is 1.32 bits per heavy atom. The number of non-ortho nitro benzene ring substituents is 2. The van der Waals surface area contributed by atoms with Gasteiger partial charge in [0, 0.05) is 30.5 Å². The standard InChI is InChI=1S/C15H11N3O4/c19-17(20)14-7-3-12(4-8-14)2-1-11-16-13-5-9-15(10-6-13)18(21)22/h1-11H/b2-1+,16-11?. The smallest absolute Gasteiger partial charge is 0.258 e. The van der Waals surface area contributed by atoms with Gasteiger partial charge in [-0.25, -0.2) is 0 Å². The monoisotopic (exact) mass is 297 g/mol. The van der Waals surface area contributed by atoms with Gasteiger partial charge >= 0.3 is 0 Å². The fourth-order valence-electron chi connectivity index (χ4n) is 1.65. The molecule has 2 aromatic rings. The molecular weight excluding hydrogens is 286 g/mol. The minimum absolute atomic E-state index is 0.0142. The predicted octanol–water partition coefficient (Wildman–Crippen LogP) is 3.92. The zero-order valence-corrected chi connectivity index (χ0v) is 11.3. The Labute approximate surface area is 125 Å². The number of benzene rings is 2. The van der Waals surface area contributed by atoms with Crippen LogP contribution in [-0.2, 0) is 0 Å². The lowest BCUT2D eigenvalue weighted by atomic mass is 10.2. The van der Waals surface area contributed by atoms with E-state index < -0.39 is 9.85 Å². The lowest BCUT2D eigenvalue weighted by Crippen LogP contribution is -1.86. The number of hydrogen-bond donors (Lipinski definition) is 0. The lowest BCUT2D eigenvalue weighted by Gasteiger charge is -1.93. The molecule has 22 heavy (non-hydrogen) atoms. The first kappa shape index (κ1) is 15.0. The normalized spacial score (nSPS) is 11.1. The Morgan fingerprint density at radius 3 is 1.82 bits per heavy atom. The van der Waals surface area contributed by atoms with E-state index in [-0.39, 0.29) is 11.4 Å². The zero-order chi connectivity index (χ0) is 15.9. The summed E-state index contributed by atoms with van der Waals surface area (Å²) in [7, 11) is 0. The molecule has 0 amide bonds. The third-order valence-electron chi connectivity index (χ3n) is 2.76. The number of rotatable bonds is 5.